The van der Waals surface area contributed by atoms with Crippen molar-refractivity contribution < 1.29 is 27.9 Å². The first kappa shape index (κ1) is 22.1. The van der Waals surface area contributed by atoms with Crippen LogP contribution in [0.3, 0.4) is 0 Å². The quantitative estimate of drug-likeness (QED) is 0.394. The minimum absolute atomic E-state index is 0.203. The molecule has 0 saturated carbocycles. The number of fused-ring (bicyclic) bond motifs is 1. The maximum absolute atomic E-state index is 12.3. The van der Waals surface area contributed by atoms with Gasteiger partial charge >= 0.3 is 12.1 Å². The number of hydrogen-bond donors (Lipinski definition) is 2. The highest BCUT2D eigenvalue weighted by molar-refractivity contribution is 5.91. The third kappa shape index (κ3) is 5.20. The molecule has 2 N–H and O–H groups in total. The molecule has 4 aromatic rings. The third-order valence-corrected chi connectivity index (χ3v) is 5.06. The van der Waals surface area contributed by atoms with Crippen LogP contribution in [0.5, 0.6) is 0 Å². The van der Waals surface area contributed by atoms with E-state index in [-0.39, 0.29) is 5.56 Å². The Bertz CT molecular complexity index is 1330. The highest BCUT2D eigenvalue weighted by Crippen LogP contribution is 2.27. The van der Waals surface area contributed by atoms with Crippen LogP contribution in [0.4, 0.5) is 18.9 Å². The van der Waals surface area contributed by atoms with E-state index < -0.39 is 30.9 Å². The van der Waals surface area contributed by atoms with E-state index in [1.807, 2.05) is 18.2 Å². The van der Waals surface area contributed by atoms with Crippen molar-refractivity contribution in [3.8, 4) is 16.8 Å². The van der Waals surface area contributed by atoms with Crippen LogP contribution in [-0.2, 0) is 4.79 Å². The Hall–Kier alpha value is -4.14. The van der Waals surface area contributed by atoms with E-state index in [0.29, 0.717) is 16.9 Å². The zero-order chi connectivity index (χ0) is 23.6. The lowest BCUT2D eigenvalue weighted by molar-refractivity contribution is -0.142. The maximum atomic E-state index is 12.3. The number of benzene rings is 3. The number of carboxylic acid groups (broad SMARTS) is 1. The molecular weight excluding hydrogens is 435 g/mol. The highest BCUT2D eigenvalue weighted by Gasteiger charge is 2.27. The fraction of sp³-hybridized carbons (Fsp3) is 0.125. The van der Waals surface area contributed by atoms with Crippen LogP contribution in [0, 0.1) is 0 Å². The van der Waals surface area contributed by atoms with Crippen molar-refractivity contribution >= 4 is 28.6 Å². The van der Waals surface area contributed by atoms with Crippen LogP contribution < -0.4 is 5.32 Å². The van der Waals surface area contributed by atoms with Gasteiger partial charge in [0.25, 0.3) is 0 Å². The zero-order valence-corrected chi connectivity index (χ0v) is 17.1. The number of aromatic nitrogens is 2. The Morgan fingerprint density at radius 3 is 2.39 bits per heavy atom. The molecule has 6 nitrogen and oxygen atoms in total. The number of nitrogens with zero attached hydrogens (tertiary/aromatic N) is 2. The first-order valence-corrected chi connectivity index (χ1v) is 9.97. The zero-order valence-electron chi connectivity index (χ0n) is 17.1. The lowest BCUT2D eigenvalue weighted by Gasteiger charge is -2.10. The molecule has 0 atom stereocenters. The van der Waals surface area contributed by atoms with Crippen molar-refractivity contribution in [2.24, 2.45) is 0 Å². The maximum Gasteiger partial charge on any atom is 0.389 e. The van der Waals surface area contributed by atoms with Gasteiger partial charge in [0.1, 0.15) is 6.33 Å². The molecule has 0 aliphatic heterocycles. The standard InChI is InChI=1S/C24H18F3N3O3/c25-24(26,27)11-10-22(31)29-18-2-1-3-19(13-18)30-14-28-20-12-17(8-9-21(20)30)15-4-6-16(7-5-15)23(32)33/h1-9,12-14H,10-11H2,(H,29,31)(H,32,33). The van der Waals surface area contributed by atoms with E-state index >= 15 is 0 Å². The first-order chi connectivity index (χ1) is 15.7. The number of aromatic carboxylic acids is 1. The van der Waals surface area contributed by atoms with Crippen LogP contribution in [-0.4, -0.2) is 32.7 Å². The van der Waals surface area contributed by atoms with Gasteiger partial charge in [0.2, 0.25) is 5.91 Å². The normalized spacial score (nSPS) is 11.5. The molecule has 0 aliphatic rings. The summed E-state index contributed by atoms with van der Waals surface area (Å²) in [7, 11) is 0. The Balaban J connectivity index is 1.56. The molecule has 1 heterocycles. The molecule has 4 rings (SSSR count). The average molecular weight is 453 g/mol. The van der Waals surface area contributed by atoms with Gasteiger partial charge in [-0.1, -0.05) is 24.3 Å². The Labute approximate surface area is 186 Å². The van der Waals surface area contributed by atoms with E-state index in [9.17, 15) is 22.8 Å². The second-order valence-electron chi connectivity index (χ2n) is 7.41. The van der Waals surface area contributed by atoms with Crippen molar-refractivity contribution in [1.82, 2.24) is 9.55 Å². The lowest BCUT2D eigenvalue weighted by Crippen LogP contribution is -2.16. The minimum Gasteiger partial charge on any atom is -0.478 e. The summed E-state index contributed by atoms with van der Waals surface area (Å²) >= 11 is 0. The summed E-state index contributed by atoms with van der Waals surface area (Å²) in [6, 6.07) is 18.9. The SMILES string of the molecule is O=C(CCC(F)(F)F)Nc1cccc(-n2cnc3cc(-c4ccc(C(=O)O)cc4)ccc32)c1. The molecule has 3 aromatic carbocycles. The second kappa shape index (κ2) is 8.78. The number of nitrogens with one attached hydrogen (secondary N) is 1. The number of carbonyl (C=O) groups excluding carboxylic acids is 1. The van der Waals surface area contributed by atoms with E-state index in [4.69, 9.17) is 5.11 Å². The molecular formula is C24H18F3N3O3. The van der Waals surface area contributed by atoms with Crippen LogP contribution in [0.2, 0.25) is 0 Å². The summed E-state index contributed by atoms with van der Waals surface area (Å²) in [5.41, 5.74) is 4.49. The van der Waals surface area contributed by atoms with Gasteiger partial charge in [-0.15, -0.1) is 0 Å². The smallest absolute Gasteiger partial charge is 0.389 e. The van der Waals surface area contributed by atoms with E-state index in [0.717, 1.165) is 16.6 Å². The number of carboxylic acids is 1. The molecule has 0 fully saturated rings. The van der Waals surface area contributed by atoms with Crippen molar-refractivity contribution in [3.63, 3.8) is 0 Å². The third-order valence-electron chi connectivity index (χ3n) is 5.06. The van der Waals surface area contributed by atoms with Crippen molar-refractivity contribution in [2.75, 3.05) is 5.32 Å². The summed E-state index contributed by atoms with van der Waals surface area (Å²) in [4.78, 5) is 27.3. The Morgan fingerprint density at radius 1 is 0.970 bits per heavy atom. The predicted octanol–water partition coefficient (Wildman–Crippen LogP) is 5.67. The number of amides is 1. The molecule has 0 radical (unpaired) electrons. The molecule has 33 heavy (non-hydrogen) atoms. The number of hydrogen-bond acceptors (Lipinski definition) is 3. The minimum atomic E-state index is -4.38. The molecule has 0 aliphatic carbocycles. The van der Waals surface area contributed by atoms with Gasteiger partial charge in [-0.3, -0.25) is 9.36 Å². The van der Waals surface area contributed by atoms with Gasteiger partial charge < -0.3 is 10.4 Å². The van der Waals surface area contributed by atoms with Crippen molar-refractivity contribution in [3.05, 3.63) is 78.6 Å². The van der Waals surface area contributed by atoms with Crippen molar-refractivity contribution in [2.45, 2.75) is 19.0 Å². The topological polar surface area (TPSA) is 84.2 Å². The van der Waals surface area contributed by atoms with Gasteiger partial charge in [0.15, 0.2) is 0 Å². The van der Waals surface area contributed by atoms with E-state index in [1.165, 1.54) is 12.1 Å². The van der Waals surface area contributed by atoms with E-state index in [2.05, 4.69) is 10.3 Å². The molecule has 0 saturated heterocycles. The average Bonchev–Trinajstić information content (AvgIpc) is 3.21. The number of alkyl halides is 3. The molecule has 0 unspecified atom stereocenters. The lowest BCUT2D eigenvalue weighted by atomic mass is 10.0. The van der Waals surface area contributed by atoms with Gasteiger partial charge in [0, 0.05) is 17.8 Å². The van der Waals surface area contributed by atoms with Crippen LogP contribution in [0.1, 0.15) is 23.2 Å². The Morgan fingerprint density at radius 2 is 1.70 bits per heavy atom. The summed E-state index contributed by atoms with van der Waals surface area (Å²) in [5.74, 6) is -1.70. The first-order valence-electron chi connectivity index (χ1n) is 9.97. The van der Waals surface area contributed by atoms with Gasteiger partial charge in [-0.2, -0.15) is 13.2 Å². The van der Waals surface area contributed by atoms with Crippen LogP contribution >= 0.6 is 0 Å². The highest BCUT2D eigenvalue weighted by atomic mass is 19.4. The fourth-order valence-electron chi connectivity index (χ4n) is 3.42. The second-order valence-corrected chi connectivity index (χ2v) is 7.41. The molecule has 1 amide bonds. The molecule has 168 valence electrons. The number of anilines is 1. The van der Waals surface area contributed by atoms with Gasteiger partial charge in [-0.25, -0.2) is 9.78 Å². The number of carbonyl (C=O) groups is 2. The molecule has 9 heteroatoms. The molecule has 1 aromatic heterocycles. The number of imidazole rings is 1. The number of rotatable bonds is 6. The summed E-state index contributed by atoms with van der Waals surface area (Å²) < 4.78 is 38.8. The van der Waals surface area contributed by atoms with Crippen molar-refractivity contribution in [1.29, 1.82) is 0 Å². The largest absolute Gasteiger partial charge is 0.478 e. The molecule has 0 bridgehead atoms. The van der Waals surface area contributed by atoms with E-state index in [1.54, 1.807) is 47.3 Å². The van der Waals surface area contributed by atoms with Crippen LogP contribution in [0.15, 0.2) is 73.1 Å². The van der Waals surface area contributed by atoms with Gasteiger partial charge in [0.05, 0.1) is 23.0 Å². The van der Waals surface area contributed by atoms with Crippen LogP contribution in [0.25, 0.3) is 27.8 Å². The number of halogens is 3. The summed E-state index contributed by atoms with van der Waals surface area (Å²) in [5, 5.41) is 11.5. The summed E-state index contributed by atoms with van der Waals surface area (Å²) in [6.07, 6.45) is -4.58. The predicted molar refractivity (Wildman–Crippen MR) is 117 cm³/mol. The fourth-order valence-corrected chi connectivity index (χ4v) is 3.42. The monoisotopic (exact) mass is 453 g/mol. The Kier molecular flexibility index (Phi) is 5.87. The summed E-state index contributed by atoms with van der Waals surface area (Å²) in [6.45, 7) is 0. The van der Waals surface area contributed by atoms with Gasteiger partial charge in [-0.05, 0) is 53.6 Å². The molecule has 0 spiro atoms.